The third kappa shape index (κ3) is 5.50. The first kappa shape index (κ1) is 18.2. The standard InChI is InChI=1S/C17H23NO6/c1-22-9-8-15(17(20)21)18-16(19)12-2-4-13(5-3-12)24-14-6-10-23-11-7-14/h2-5,14-15H,6-11H2,1H3,(H,18,19)(H,20,21). The summed E-state index contributed by atoms with van der Waals surface area (Å²) in [7, 11) is 1.48. The molecule has 0 radical (unpaired) electrons. The highest BCUT2D eigenvalue weighted by atomic mass is 16.5. The van der Waals surface area contributed by atoms with Gasteiger partial charge in [0.1, 0.15) is 17.9 Å². The second kappa shape index (κ2) is 9.24. The molecule has 0 aromatic heterocycles. The fourth-order valence-electron chi connectivity index (χ4n) is 2.41. The van der Waals surface area contributed by atoms with E-state index < -0.39 is 17.9 Å². The predicted molar refractivity (Wildman–Crippen MR) is 86.3 cm³/mol. The van der Waals surface area contributed by atoms with Crippen molar-refractivity contribution < 1.29 is 28.9 Å². The van der Waals surface area contributed by atoms with Gasteiger partial charge in [-0.05, 0) is 24.3 Å². The zero-order valence-corrected chi connectivity index (χ0v) is 13.7. The average Bonchev–Trinajstić information content (AvgIpc) is 2.59. The second-order valence-corrected chi connectivity index (χ2v) is 5.60. The molecule has 1 fully saturated rings. The molecular weight excluding hydrogens is 314 g/mol. The Morgan fingerprint density at radius 3 is 2.54 bits per heavy atom. The highest BCUT2D eigenvalue weighted by molar-refractivity contribution is 5.96. The molecule has 7 nitrogen and oxygen atoms in total. The minimum Gasteiger partial charge on any atom is -0.490 e. The van der Waals surface area contributed by atoms with Crippen LogP contribution in [0.1, 0.15) is 29.6 Å². The van der Waals surface area contributed by atoms with E-state index in [2.05, 4.69) is 5.32 Å². The molecule has 1 unspecified atom stereocenters. The number of hydrogen-bond acceptors (Lipinski definition) is 5. The first-order valence-electron chi connectivity index (χ1n) is 7.97. The van der Waals surface area contributed by atoms with Crippen LogP contribution in [0.25, 0.3) is 0 Å². The van der Waals surface area contributed by atoms with Crippen LogP contribution in [-0.2, 0) is 14.3 Å². The number of ether oxygens (including phenoxy) is 3. The fraction of sp³-hybridized carbons (Fsp3) is 0.529. The van der Waals surface area contributed by atoms with E-state index in [0.29, 0.717) is 24.5 Å². The molecule has 1 aromatic carbocycles. The van der Waals surface area contributed by atoms with Crippen LogP contribution in [0.3, 0.4) is 0 Å². The van der Waals surface area contributed by atoms with Gasteiger partial charge in [-0.2, -0.15) is 0 Å². The Balaban J connectivity index is 1.90. The van der Waals surface area contributed by atoms with E-state index in [0.717, 1.165) is 12.8 Å². The van der Waals surface area contributed by atoms with Gasteiger partial charge < -0.3 is 24.6 Å². The zero-order valence-electron chi connectivity index (χ0n) is 13.7. The van der Waals surface area contributed by atoms with E-state index in [1.165, 1.54) is 7.11 Å². The van der Waals surface area contributed by atoms with Crippen molar-refractivity contribution in [3.63, 3.8) is 0 Å². The van der Waals surface area contributed by atoms with Crippen molar-refractivity contribution in [2.75, 3.05) is 26.9 Å². The number of rotatable bonds is 8. The number of nitrogens with one attached hydrogen (secondary N) is 1. The molecule has 0 aliphatic carbocycles. The molecule has 0 spiro atoms. The Hall–Kier alpha value is -2.12. The van der Waals surface area contributed by atoms with Gasteiger partial charge in [0, 0.05) is 38.5 Å². The van der Waals surface area contributed by atoms with Crippen LogP contribution < -0.4 is 10.1 Å². The van der Waals surface area contributed by atoms with Gasteiger partial charge in [-0.15, -0.1) is 0 Å². The van der Waals surface area contributed by atoms with Crippen LogP contribution in [0.4, 0.5) is 0 Å². The van der Waals surface area contributed by atoms with Crippen LogP contribution in [0, 0.1) is 0 Å². The van der Waals surface area contributed by atoms with Crippen molar-refractivity contribution in [2.45, 2.75) is 31.4 Å². The molecule has 7 heteroatoms. The molecule has 24 heavy (non-hydrogen) atoms. The third-order valence-corrected chi connectivity index (χ3v) is 3.80. The lowest BCUT2D eigenvalue weighted by Gasteiger charge is -2.23. The minimum atomic E-state index is -1.08. The summed E-state index contributed by atoms with van der Waals surface area (Å²) in [5.41, 5.74) is 0.387. The summed E-state index contributed by atoms with van der Waals surface area (Å²) in [6.07, 6.45) is 2.04. The van der Waals surface area contributed by atoms with Gasteiger partial charge in [0.15, 0.2) is 0 Å². The van der Waals surface area contributed by atoms with Gasteiger partial charge in [0.05, 0.1) is 13.2 Å². The minimum absolute atomic E-state index is 0.129. The summed E-state index contributed by atoms with van der Waals surface area (Å²) in [4.78, 5) is 23.3. The zero-order chi connectivity index (χ0) is 17.4. The number of carboxylic acid groups (broad SMARTS) is 1. The highest BCUT2D eigenvalue weighted by Gasteiger charge is 2.20. The SMILES string of the molecule is COCCC(NC(=O)c1ccc(OC2CCOCC2)cc1)C(=O)O. The number of carboxylic acids is 1. The van der Waals surface area contributed by atoms with Crippen molar-refractivity contribution in [1.82, 2.24) is 5.32 Å². The van der Waals surface area contributed by atoms with Crippen molar-refractivity contribution >= 4 is 11.9 Å². The Bertz CT molecular complexity index is 539. The summed E-state index contributed by atoms with van der Waals surface area (Å²) in [6, 6.07) is 5.71. The number of aliphatic carboxylic acids is 1. The summed E-state index contributed by atoms with van der Waals surface area (Å²) < 4.78 is 16.0. The van der Waals surface area contributed by atoms with Gasteiger partial charge >= 0.3 is 5.97 Å². The van der Waals surface area contributed by atoms with Crippen molar-refractivity contribution in [1.29, 1.82) is 0 Å². The largest absolute Gasteiger partial charge is 0.490 e. The summed E-state index contributed by atoms with van der Waals surface area (Å²) in [6.45, 7) is 1.65. The molecule has 2 N–H and O–H groups in total. The van der Waals surface area contributed by atoms with E-state index in [1.807, 2.05) is 0 Å². The lowest BCUT2D eigenvalue weighted by atomic mass is 10.1. The smallest absolute Gasteiger partial charge is 0.326 e. The molecule has 0 saturated carbocycles. The van der Waals surface area contributed by atoms with Crippen LogP contribution in [-0.4, -0.2) is 56.1 Å². The lowest BCUT2D eigenvalue weighted by molar-refractivity contribution is -0.139. The Morgan fingerprint density at radius 2 is 1.96 bits per heavy atom. The molecular formula is C17H23NO6. The van der Waals surface area contributed by atoms with Crippen molar-refractivity contribution in [3.05, 3.63) is 29.8 Å². The van der Waals surface area contributed by atoms with Gasteiger partial charge in [-0.3, -0.25) is 4.79 Å². The Labute approximate surface area is 140 Å². The van der Waals surface area contributed by atoms with Crippen LogP contribution >= 0.6 is 0 Å². The molecule has 1 saturated heterocycles. The number of hydrogen-bond donors (Lipinski definition) is 2. The molecule has 1 aliphatic heterocycles. The maximum atomic E-state index is 12.2. The van der Waals surface area contributed by atoms with Crippen molar-refractivity contribution in [3.8, 4) is 5.75 Å². The first-order valence-corrected chi connectivity index (χ1v) is 7.97. The number of amides is 1. The fourth-order valence-corrected chi connectivity index (χ4v) is 2.41. The van der Waals surface area contributed by atoms with Gasteiger partial charge in [-0.1, -0.05) is 0 Å². The molecule has 1 heterocycles. The molecule has 132 valence electrons. The van der Waals surface area contributed by atoms with Crippen LogP contribution in [0.5, 0.6) is 5.75 Å². The number of benzene rings is 1. The van der Waals surface area contributed by atoms with Crippen LogP contribution in [0.2, 0.25) is 0 Å². The molecule has 0 bridgehead atoms. The summed E-state index contributed by atoms with van der Waals surface area (Å²) in [5, 5.41) is 11.6. The summed E-state index contributed by atoms with van der Waals surface area (Å²) in [5.74, 6) is -0.830. The molecule has 2 rings (SSSR count). The van der Waals surface area contributed by atoms with E-state index in [9.17, 15) is 9.59 Å². The highest BCUT2D eigenvalue weighted by Crippen LogP contribution is 2.18. The first-order chi connectivity index (χ1) is 11.6. The quantitative estimate of drug-likeness (QED) is 0.746. The monoisotopic (exact) mass is 337 g/mol. The van der Waals surface area contributed by atoms with E-state index in [-0.39, 0.29) is 19.1 Å². The topological polar surface area (TPSA) is 94.1 Å². The van der Waals surface area contributed by atoms with E-state index in [1.54, 1.807) is 24.3 Å². The molecule has 1 aliphatic rings. The molecule has 1 atom stereocenters. The van der Waals surface area contributed by atoms with Gasteiger partial charge in [-0.25, -0.2) is 4.79 Å². The van der Waals surface area contributed by atoms with Crippen molar-refractivity contribution in [2.24, 2.45) is 0 Å². The predicted octanol–water partition coefficient (Wildman–Crippen LogP) is 1.46. The average molecular weight is 337 g/mol. The van der Waals surface area contributed by atoms with E-state index >= 15 is 0 Å². The Kier molecular flexibility index (Phi) is 7.02. The lowest BCUT2D eigenvalue weighted by Crippen LogP contribution is -2.41. The summed E-state index contributed by atoms with van der Waals surface area (Å²) >= 11 is 0. The van der Waals surface area contributed by atoms with Gasteiger partial charge in [0.2, 0.25) is 0 Å². The molecule has 1 aromatic rings. The van der Waals surface area contributed by atoms with E-state index in [4.69, 9.17) is 19.3 Å². The second-order valence-electron chi connectivity index (χ2n) is 5.60. The third-order valence-electron chi connectivity index (χ3n) is 3.80. The Morgan fingerprint density at radius 1 is 1.29 bits per heavy atom. The maximum Gasteiger partial charge on any atom is 0.326 e. The number of carbonyl (C=O) groups excluding carboxylic acids is 1. The number of methoxy groups -OCH3 is 1. The molecule has 1 amide bonds. The van der Waals surface area contributed by atoms with Gasteiger partial charge in [0.25, 0.3) is 5.91 Å². The number of carbonyl (C=O) groups is 2. The maximum absolute atomic E-state index is 12.2. The normalized spacial score (nSPS) is 16.4. The van der Waals surface area contributed by atoms with Crippen LogP contribution in [0.15, 0.2) is 24.3 Å².